The van der Waals surface area contributed by atoms with E-state index < -0.39 is 5.66 Å². The number of anilines is 1. The number of para-hydroxylation sites is 1. The number of carbonyl (C=O) groups excluding carboxylic acids is 1. The van der Waals surface area contributed by atoms with Gasteiger partial charge in [0, 0.05) is 11.1 Å². The number of hydrogen-bond donors (Lipinski definition) is 1. The van der Waals surface area contributed by atoms with Gasteiger partial charge in [0.2, 0.25) is 5.91 Å². The van der Waals surface area contributed by atoms with Gasteiger partial charge in [0.25, 0.3) is 0 Å². The maximum Gasteiger partial charge on any atom is 0.241 e. The van der Waals surface area contributed by atoms with Crippen LogP contribution in [0.15, 0.2) is 53.2 Å². The molecule has 4 heteroatoms. The first kappa shape index (κ1) is 13.2. The molecule has 1 atom stereocenters. The van der Waals surface area contributed by atoms with Gasteiger partial charge in [-0.2, -0.15) is 0 Å². The van der Waals surface area contributed by atoms with E-state index in [2.05, 4.69) is 48.3 Å². The second-order valence-electron chi connectivity index (χ2n) is 6.39. The Hall–Kier alpha value is -2.49. The number of hydrogen-bond acceptors (Lipinski definition) is 3. The third kappa shape index (κ3) is 1.55. The van der Waals surface area contributed by atoms with Crippen molar-refractivity contribution < 1.29 is 9.21 Å². The minimum atomic E-state index is -0.555. The average molecular weight is 294 g/mol. The van der Waals surface area contributed by atoms with Crippen molar-refractivity contribution in [1.82, 2.24) is 5.32 Å². The third-order valence-corrected chi connectivity index (χ3v) is 4.91. The molecule has 2 aliphatic heterocycles. The van der Waals surface area contributed by atoms with Gasteiger partial charge in [0.1, 0.15) is 11.4 Å². The number of nitrogens with one attached hydrogen (secondary N) is 1. The van der Waals surface area contributed by atoms with E-state index in [1.54, 1.807) is 6.26 Å². The number of furan rings is 1. The first-order valence-electron chi connectivity index (χ1n) is 7.45. The second-order valence-corrected chi connectivity index (χ2v) is 6.39. The Bertz CT molecular complexity index is 761. The van der Waals surface area contributed by atoms with Gasteiger partial charge in [0.15, 0.2) is 0 Å². The van der Waals surface area contributed by atoms with E-state index >= 15 is 0 Å². The summed E-state index contributed by atoms with van der Waals surface area (Å²) in [4.78, 5) is 14.3. The molecule has 2 aliphatic rings. The van der Waals surface area contributed by atoms with Crippen LogP contribution < -0.4 is 10.2 Å². The van der Waals surface area contributed by atoms with E-state index in [1.807, 2.05) is 24.3 Å². The summed E-state index contributed by atoms with van der Waals surface area (Å²) < 4.78 is 5.39. The zero-order valence-corrected chi connectivity index (χ0v) is 12.7. The maximum atomic E-state index is 12.1. The molecule has 3 heterocycles. The first-order chi connectivity index (χ1) is 10.5. The third-order valence-electron chi connectivity index (χ3n) is 4.91. The van der Waals surface area contributed by atoms with Crippen LogP contribution in [-0.4, -0.2) is 18.1 Å². The smallest absolute Gasteiger partial charge is 0.241 e. The van der Waals surface area contributed by atoms with Crippen LogP contribution in [0.1, 0.15) is 25.2 Å². The average Bonchev–Trinajstić information content (AvgIpc) is 3.16. The van der Waals surface area contributed by atoms with Gasteiger partial charge in [-0.05, 0) is 35.9 Å². The predicted molar refractivity (Wildman–Crippen MR) is 85.4 cm³/mol. The Balaban J connectivity index is 1.87. The van der Waals surface area contributed by atoms with E-state index in [-0.39, 0.29) is 11.3 Å². The highest BCUT2D eigenvalue weighted by Crippen LogP contribution is 2.52. The Kier molecular flexibility index (Phi) is 2.55. The lowest BCUT2D eigenvalue weighted by Gasteiger charge is -2.40. The molecule has 0 spiro atoms. The highest BCUT2D eigenvalue weighted by atomic mass is 16.3. The molecule has 1 saturated heterocycles. The summed E-state index contributed by atoms with van der Waals surface area (Å²) in [5.41, 5.74) is 1.58. The van der Waals surface area contributed by atoms with Crippen LogP contribution in [-0.2, 0) is 10.2 Å². The molecule has 1 aromatic heterocycles. The number of benzene rings is 1. The largest absolute Gasteiger partial charge is 0.465 e. The van der Waals surface area contributed by atoms with Crippen LogP contribution in [0.25, 0.3) is 6.08 Å². The van der Waals surface area contributed by atoms with Crippen LogP contribution >= 0.6 is 0 Å². The SMILES string of the molecule is CC1(C)c2ccccc2N2CC(=O)N[C@]21/C=C/c1ccco1. The quantitative estimate of drug-likeness (QED) is 0.926. The zero-order valence-electron chi connectivity index (χ0n) is 12.7. The summed E-state index contributed by atoms with van der Waals surface area (Å²) in [6.45, 7) is 4.72. The van der Waals surface area contributed by atoms with Gasteiger partial charge in [-0.1, -0.05) is 32.0 Å². The summed E-state index contributed by atoms with van der Waals surface area (Å²) in [5, 5.41) is 3.19. The summed E-state index contributed by atoms with van der Waals surface area (Å²) in [6.07, 6.45) is 5.64. The predicted octanol–water partition coefficient (Wildman–Crippen LogP) is 2.92. The molecular formula is C18H18N2O2. The lowest BCUT2D eigenvalue weighted by Crippen LogP contribution is -2.58. The molecule has 2 aromatic rings. The fourth-order valence-corrected chi connectivity index (χ4v) is 3.73. The molecule has 0 bridgehead atoms. The van der Waals surface area contributed by atoms with Gasteiger partial charge in [-0.3, -0.25) is 4.79 Å². The van der Waals surface area contributed by atoms with Crippen LogP contribution in [0.5, 0.6) is 0 Å². The molecule has 1 amide bonds. The highest BCUT2D eigenvalue weighted by molar-refractivity contribution is 5.91. The number of carbonyl (C=O) groups is 1. The van der Waals surface area contributed by atoms with Crippen molar-refractivity contribution in [3.05, 3.63) is 60.1 Å². The normalized spacial score (nSPS) is 25.4. The maximum absolute atomic E-state index is 12.1. The van der Waals surface area contributed by atoms with E-state index in [4.69, 9.17) is 4.42 Å². The molecule has 4 rings (SSSR count). The van der Waals surface area contributed by atoms with Crippen molar-refractivity contribution in [3.8, 4) is 0 Å². The molecule has 1 N–H and O–H groups in total. The molecule has 0 unspecified atom stereocenters. The monoisotopic (exact) mass is 294 g/mol. The van der Waals surface area contributed by atoms with Crippen LogP contribution in [0.2, 0.25) is 0 Å². The van der Waals surface area contributed by atoms with Gasteiger partial charge in [-0.25, -0.2) is 0 Å². The van der Waals surface area contributed by atoms with Crippen LogP contribution in [0, 0.1) is 0 Å². The van der Waals surface area contributed by atoms with E-state index in [0.29, 0.717) is 6.54 Å². The summed E-state index contributed by atoms with van der Waals surface area (Å²) in [5.74, 6) is 0.828. The number of fused-ring (bicyclic) bond motifs is 3. The molecule has 0 aliphatic carbocycles. The van der Waals surface area contributed by atoms with Gasteiger partial charge >= 0.3 is 0 Å². The number of nitrogens with zero attached hydrogens (tertiary/aromatic N) is 1. The van der Waals surface area contributed by atoms with Crippen molar-refractivity contribution in [2.24, 2.45) is 0 Å². The fourth-order valence-electron chi connectivity index (χ4n) is 3.73. The van der Waals surface area contributed by atoms with Gasteiger partial charge < -0.3 is 14.6 Å². The summed E-state index contributed by atoms with van der Waals surface area (Å²) in [7, 11) is 0. The van der Waals surface area contributed by atoms with Gasteiger partial charge in [-0.15, -0.1) is 0 Å². The van der Waals surface area contributed by atoms with E-state index in [1.165, 1.54) is 5.56 Å². The molecule has 1 fully saturated rings. The molecule has 0 radical (unpaired) electrons. The Labute approximate surface area is 129 Å². The Morgan fingerprint density at radius 2 is 2.05 bits per heavy atom. The molecule has 112 valence electrons. The lowest BCUT2D eigenvalue weighted by molar-refractivity contribution is -0.118. The Morgan fingerprint density at radius 3 is 2.82 bits per heavy atom. The molecule has 4 nitrogen and oxygen atoms in total. The van der Waals surface area contributed by atoms with E-state index in [0.717, 1.165) is 11.4 Å². The van der Waals surface area contributed by atoms with Crippen molar-refractivity contribution in [2.75, 3.05) is 11.4 Å². The molecule has 1 aromatic carbocycles. The lowest BCUT2D eigenvalue weighted by atomic mass is 9.75. The summed E-state index contributed by atoms with van der Waals surface area (Å²) in [6, 6.07) is 12.1. The molecular weight excluding hydrogens is 276 g/mol. The number of amides is 1. The fraction of sp³-hybridized carbons (Fsp3) is 0.278. The minimum Gasteiger partial charge on any atom is -0.465 e. The van der Waals surface area contributed by atoms with Crippen molar-refractivity contribution >= 4 is 17.7 Å². The van der Waals surface area contributed by atoms with Crippen LogP contribution in [0.3, 0.4) is 0 Å². The molecule has 22 heavy (non-hydrogen) atoms. The summed E-state index contributed by atoms with van der Waals surface area (Å²) >= 11 is 0. The van der Waals surface area contributed by atoms with Gasteiger partial charge in [0.05, 0.1) is 12.8 Å². The molecule has 0 saturated carbocycles. The first-order valence-corrected chi connectivity index (χ1v) is 7.45. The number of rotatable bonds is 2. The minimum absolute atomic E-state index is 0.0478. The van der Waals surface area contributed by atoms with Crippen LogP contribution in [0.4, 0.5) is 5.69 Å². The van der Waals surface area contributed by atoms with Crippen molar-refractivity contribution in [1.29, 1.82) is 0 Å². The zero-order chi connectivity index (χ0) is 15.4. The topological polar surface area (TPSA) is 45.5 Å². The second kappa shape index (κ2) is 4.26. The Morgan fingerprint density at radius 1 is 1.23 bits per heavy atom. The van der Waals surface area contributed by atoms with Crippen molar-refractivity contribution in [3.63, 3.8) is 0 Å². The van der Waals surface area contributed by atoms with E-state index in [9.17, 15) is 4.79 Å². The standard InChI is InChI=1S/C18H18N2O2/c1-17(2)14-7-3-4-8-15(14)20-12-16(21)19-18(17,20)10-9-13-6-5-11-22-13/h3-11H,12H2,1-2H3,(H,19,21)/b10-9+/t18-/m1/s1. The van der Waals surface area contributed by atoms with Crippen molar-refractivity contribution in [2.45, 2.75) is 24.9 Å². The highest BCUT2D eigenvalue weighted by Gasteiger charge is 2.59.